The van der Waals surface area contributed by atoms with Gasteiger partial charge in [0.15, 0.2) is 0 Å². The molecule has 2 rings (SSSR count). The van der Waals surface area contributed by atoms with Crippen molar-refractivity contribution in [1.82, 2.24) is 0 Å². The van der Waals surface area contributed by atoms with Gasteiger partial charge in [-0.25, -0.2) is 0 Å². The summed E-state index contributed by atoms with van der Waals surface area (Å²) in [5.41, 5.74) is 0. The highest BCUT2D eigenvalue weighted by molar-refractivity contribution is 4.84. The van der Waals surface area contributed by atoms with Gasteiger partial charge >= 0.3 is 0 Å². The van der Waals surface area contributed by atoms with Crippen LogP contribution in [-0.4, -0.2) is 12.7 Å². The average molecular weight is 168 g/mol. The summed E-state index contributed by atoms with van der Waals surface area (Å²) in [6, 6.07) is 0. The van der Waals surface area contributed by atoms with E-state index < -0.39 is 0 Å². The molecule has 1 nitrogen and oxygen atoms in total. The standard InChI is InChI=1S/C11H20O/c1-8(2)11-6-5-10(7-12-11)9-3-4-9/h8-11H,3-7H2,1-2H3. The Morgan fingerprint density at radius 2 is 1.67 bits per heavy atom. The van der Waals surface area contributed by atoms with Crippen LogP contribution in [0.15, 0.2) is 0 Å². The molecule has 2 atom stereocenters. The van der Waals surface area contributed by atoms with Gasteiger partial charge in [0.25, 0.3) is 0 Å². The van der Waals surface area contributed by atoms with Gasteiger partial charge in [-0.3, -0.25) is 0 Å². The zero-order valence-electron chi connectivity index (χ0n) is 8.25. The third-order valence-corrected chi connectivity index (χ3v) is 3.38. The maximum absolute atomic E-state index is 5.85. The van der Waals surface area contributed by atoms with Gasteiger partial charge in [0.2, 0.25) is 0 Å². The van der Waals surface area contributed by atoms with E-state index >= 15 is 0 Å². The van der Waals surface area contributed by atoms with E-state index in [1.165, 1.54) is 25.7 Å². The molecule has 1 saturated carbocycles. The Morgan fingerprint density at radius 1 is 1.00 bits per heavy atom. The molecule has 0 bridgehead atoms. The molecular weight excluding hydrogens is 148 g/mol. The molecule has 12 heavy (non-hydrogen) atoms. The summed E-state index contributed by atoms with van der Waals surface area (Å²) < 4.78 is 5.85. The largest absolute Gasteiger partial charge is 0.378 e. The molecule has 0 radical (unpaired) electrons. The Labute approximate surface area is 75.5 Å². The monoisotopic (exact) mass is 168 g/mol. The fraction of sp³-hybridized carbons (Fsp3) is 1.00. The van der Waals surface area contributed by atoms with Gasteiger partial charge in [-0.05, 0) is 43.4 Å². The highest BCUT2D eigenvalue weighted by atomic mass is 16.5. The molecule has 1 heterocycles. The van der Waals surface area contributed by atoms with Crippen LogP contribution < -0.4 is 0 Å². The van der Waals surface area contributed by atoms with Crippen LogP contribution in [0.4, 0.5) is 0 Å². The van der Waals surface area contributed by atoms with Crippen LogP contribution in [0, 0.1) is 17.8 Å². The Bertz CT molecular complexity index is 131. The molecule has 0 aromatic rings. The van der Waals surface area contributed by atoms with Crippen LogP contribution in [0.25, 0.3) is 0 Å². The first-order chi connectivity index (χ1) is 5.77. The van der Waals surface area contributed by atoms with E-state index in [-0.39, 0.29) is 0 Å². The molecule has 0 aromatic heterocycles. The third-order valence-electron chi connectivity index (χ3n) is 3.38. The first kappa shape index (κ1) is 8.55. The van der Waals surface area contributed by atoms with E-state index in [0.29, 0.717) is 12.0 Å². The second-order valence-corrected chi connectivity index (χ2v) is 4.79. The van der Waals surface area contributed by atoms with E-state index in [1.54, 1.807) is 0 Å². The highest BCUT2D eigenvalue weighted by Gasteiger charge is 2.34. The topological polar surface area (TPSA) is 9.23 Å². The Morgan fingerprint density at radius 3 is 2.08 bits per heavy atom. The van der Waals surface area contributed by atoms with Crippen molar-refractivity contribution in [2.75, 3.05) is 6.61 Å². The zero-order valence-corrected chi connectivity index (χ0v) is 8.25. The summed E-state index contributed by atoms with van der Waals surface area (Å²) in [7, 11) is 0. The lowest BCUT2D eigenvalue weighted by molar-refractivity contribution is -0.0443. The van der Waals surface area contributed by atoms with Crippen molar-refractivity contribution in [3.05, 3.63) is 0 Å². The number of hydrogen-bond donors (Lipinski definition) is 0. The van der Waals surface area contributed by atoms with Gasteiger partial charge in [-0.15, -0.1) is 0 Å². The van der Waals surface area contributed by atoms with Gasteiger partial charge in [-0.1, -0.05) is 13.8 Å². The molecule has 1 heteroatoms. The SMILES string of the molecule is CC(C)C1CCC(C2CC2)CO1. The predicted molar refractivity (Wildman–Crippen MR) is 50.0 cm³/mol. The molecule has 0 aromatic carbocycles. The minimum Gasteiger partial charge on any atom is -0.378 e. The zero-order chi connectivity index (χ0) is 8.55. The fourth-order valence-electron chi connectivity index (χ4n) is 2.26. The second kappa shape index (κ2) is 3.37. The van der Waals surface area contributed by atoms with Crippen LogP contribution in [0.5, 0.6) is 0 Å². The molecule has 0 N–H and O–H groups in total. The Balaban J connectivity index is 1.76. The van der Waals surface area contributed by atoms with Crippen LogP contribution in [0.2, 0.25) is 0 Å². The maximum atomic E-state index is 5.85. The smallest absolute Gasteiger partial charge is 0.0598 e. The highest BCUT2D eigenvalue weighted by Crippen LogP contribution is 2.41. The lowest BCUT2D eigenvalue weighted by Crippen LogP contribution is -2.30. The van der Waals surface area contributed by atoms with Gasteiger partial charge in [-0.2, -0.15) is 0 Å². The van der Waals surface area contributed by atoms with Gasteiger partial charge in [0, 0.05) is 0 Å². The van der Waals surface area contributed by atoms with Gasteiger partial charge in [0.05, 0.1) is 12.7 Å². The van der Waals surface area contributed by atoms with Crippen molar-refractivity contribution in [3.8, 4) is 0 Å². The number of hydrogen-bond acceptors (Lipinski definition) is 1. The van der Waals surface area contributed by atoms with E-state index in [9.17, 15) is 0 Å². The summed E-state index contributed by atoms with van der Waals surface area (Å²) in [6.07, 6.45) is 6.23. The van der Waals surface area contributed by atoms with Crippen LogP contribution in [-0.2, 0) is 4.74 Å². The van der Waals surface area contributed by atoms with Crippen LogP contribution in [0.1, 0.15) is 39.5 Å². The summed E-state index contributed by atoms with van der Waals surface area (Å²) in [4.78, 5) is 0. The van der Waals surface area contributed by atoms with Crippen molar-refractivity contribution < 1.29 is 4.74 Å². The molecule has 1 aliphatic carbocycles. The molecule has 2 aliphatic rings. The lowest BCUT2D eigenvalue weighted by Gasteiger charge is -2.31. The van der Waals surface area contributed by atoms with E-state index in [0.717, 1.165) is 18.4 Å². The second-order valence-electron chi connectivity index (χ2n) is 4.79. The maximum Gasteiger partial charge on any atom is 0.0598 e. The van der Waals surface area contributed by atoms with E-state index in [4.69, 9.17) is 4.74 Å². The van der Waals surface area contributed by atoms with E-state index in [2.05, 4.69) is 13.8 Å². The summed E-state index contributed by atoms with van der Waals surface area (Å²) >= 11 is 0. The fourth-order valence-corrected chi connectivity index (χ4v) is 2.26. The number of ether oxygens (including phenoxy) is 1. The molecule has 2 unspecified atom stereocenters. The van der Waals surface area contributed by atoms with Crippen molar-refractivity contribution >= 4 is 0 Å². The molecular formula is C11H20O. The molecule has 1 saturated heterocycles. The van der Waals surface area contributed by atoms with Crippen LogP contribution in [0.3, 0.4) is 0 Å². The minimum absolute atomic E-state index is 0.556. The molecule has 2 fully saturated rings. The molecule has 1 aliphatic heterocycles. The normalized spacial score (nSPS) is 37.2. The number of rotatable bonds is 2. The van der Waals surface area contributed by atoms with Crippen molar-refractivity contribution in [2.45, 2.75) is 45.6 Å². The van der Waals surface area contributed by atoms with Crippen molar-refractivity contribution in [2.24, 2.45) is 17.8 Å². The average Bonchev–Trinajstić information content (AvgIpc) is 2.87. The Kier molecular flexibility index (Phi) is 2.40. The molecule has 0 amide bonds. The van der Waals surface area contributed by atoms with Gasteiger partial charge < -0.3 is 4.74 Å². The van der Waals surface area contributed by atoms with Gasteiger partial charge in [0.1, 0.15) is 0 Å². The summed E-state index contributed by atoms with van der Waals surface area (Å²) in [5.74, 6) is 2.67. The third kappa shape index (κ3) is 1.82. The molecule has 0 spiro atoms. The quantitative estimate of drug-likeness (QED) is 0.616. The molecule has 70 valence electrons. The lowest BCUT2D eigenvalue weighted by atomic mass is 9.90. The first-order valence-electron chi connectivity index (χ1n) is 5.39. The van der Waals surface area contributed by atoms with Crippen molar-refractivity contribution in [1.29, 1.82) is 0 Å². The van der Waals surface area contributed by atoms with Crippen LogP contribution >= 0.6 is 0 Å². The summed E-state index contributed by atoms with van der Waals surface area (Å²) in [6.45, 7) is 5.58. The summed E-state index contributed by atoms with van der Waals surface area (Å²) in [5, 5.41) is 0. The minimum atomic E-state index is 0.556. The van der Waals surface area contributed by atoms with E-state index in [1.807, 2.05) is 0 Å². The predicted octanol–water partition coefficient (Wildman–Crippen LogP) is 2.85. The Hall–Kier alpha value is -0.0400. The van der Waals surface area contributed by atoms with Crippen molar-refractivity contribution in [3.63, 3.8) is 0 Å². The first-order valence-corrected chi connectivity index (χ1v) is 5.39.